The van der Waals surface area contributed by atoms with Gasteiger partial charge in [-0.3, -0.25) is 0 Å². The average Bonchev–Trinajstić information content (AvgIpc) is 2.57. The standard InChI is InChI=1S/C10H10ClN3S/c11-7-1-2-9-8(3-7)6(5-15-9)4-14-10(12)13/h1-3,5H,4H2,(H4,12,13,14). The van der Waals surface area contributed by atoms with Crippen LogP contribution in [0.1, 0.15) is 5.56 Å². The molecule has 2 aromatic rings. The van der Waals surface area contributed by atoms with Crippen LogP contribution in [0.5, 0.6) is 0 Å². The van der Waals surface area contributed by atoms with E-state index in [-0.39, 0.29) is 5.96 Å². The van der Waals surface area contributed by atoms with Gasteiger partial charge in [0.1, 0.15) is 0 Å². The van der Waals surface area contributed by atoms with E-state index >= 15 is 0 Å². The number of nitrogens with two attached hydrogens (primary N) is 2. The third-order valence-corrected chi connectivity index (χ3v) is 3.30. The van der Waals surface area contributed by atoms with Gasteiger partial charge in [0.2, 0.25) is 0 Å². The molecule has 0 fully saturated rings. The van der Waals surface area contributed by atoms with Crippen LogP contribution in [0.3, 0.4) is 0 Å². The normalized spacial score (nSPS) is 10.5. The lowest BCUT2D eigenvalue weighted by atomic mass is 10.2. The minimum atomic E-state index is 0.108. The quantitative estimate of drug-likeness (QED) is 0.624. The number of rotatable bonds is 2. The summed E-state index contributed by atoms with van der Waals surface area (Å²) in [6, 6.07) is 5.82. The Bertz CT molecular complexity index is 514. The van der Waals surface area contributed by atoms with E-state index in [1.807, 2.05) is 23.6 Å². The fourth-order valence-corrected chi connectivity index (χ4v) is 2.46. The molecule has 1 aromatic carbocycles. The number of hydrogen-bond acceptors (Lipinski definition) is 2. The highest BCUT2D eigenvalue weighted by molar-refractivity contribution is 7.17. The lowest BCUT2D eigenvalue weighted by Gasteiger charge is -1.96. The minimum Gasteiger partial charge on any atom is -0.370 e. The first-order valence-corrected chi connectivity index (χ1v) is 5.63. The van der Waals surface area contributed by atoms with Crippen LogP contribution >= 0.6 is 22.9 Å². The number of hydrogen-bond donors (Lipinski definition) is 2. The molecule has 0 saturated carbocycles. The Hall–Kier alpha value is -1.26. The number of nitrogens with zero attached hydrogens (tertiary/aromatic N) is 1. The van der Waals surface area contributed by atoms with Gasteiger partial charge < -0.3 is 11.5 Å². The molecule has 0 atom stereocenters. The molecule has 0 radical (unpaired) electrons. The van der Waals surface area contributed by atoms with E-state index in [0.717, 1.165) is 16.0 Å². The molecule has 0 amide bonds. The predicted octanol–water partition coefficient (Wildman–Crippen LogP) is 2.33. The maximum Gasteiger partial charge on any atom is 0.186 e. The van der Waals surface area contributed by atoms with Crippen molar-refractivity contribution < 1.29 is 0 Å². The Labute approximate surface area is 96.4 Å². The minimum absolute atomic E-state index is 0.108. The number of fused-ring (bicyclic) bond motifs is 1. The summed E-state index contributed by atoms with van der Waals surface area (Å²) in [6.45, 7) is 0.503. The van der Waals surface area contributed by atoms with Crippen LogP contribution in [-0.4, -0.2) is 5.96 Å². The Morgan fingerprint density at radius 2 is 2.20 bits per heavy atom. The molecule has 0 spiro atoms. The lowest BCUT2D eigenvalue weighted by Crippen LogP contribution is -2.22. The van der Waals surface area contributed by atoms with Gasteiger partial charge in [-0.2, -0.15) is 0 Å². The van der Waals surface area contributed by atoms with Crippen molar-refractivity contribution in [3.8, 4) is 0 Å². The molecule has 0 aliphatic carbocycles. The van der Waals surface area contributed by atoms with Crippen molar-refractivity contribution in [2.45, 2.75) is 6.54 Å². The highest BCUT2D eigenvalue weighted by atomic mass is 35.5. The van der Waals surface area contributed by atoms with Crippen molar-refractivity contribution >= 4 is 39.0 Å². The zero-order valence-electron chi connectivity index (χ0n) is 7.90. The predicted molar refractivity (Wildman–Crippen MR) is 66.3 cm³/mol. The molecule has 0 bridgehead atoms. The first-order chi connectivity index (χ1) is 7.16. The summed E-state index contributed by atoms with van der Waals surface area (Å²) in [7, 11) is 0. The van der Waals surface area contributed by atoms with Crippen molar-refractivity contribution in [1.29, 1.82) is 0 Å². The zero-order chi connectivity index (χ0) is 10.8. The third-order valence-electron chi connectivity index (χ3n) is 2.05. The topological polar surface area (TPSA) is 64.4 Å². The molecule has 2 rings (SSSR count). The van der Waals surface area contributed by atoms with Gasteiger partial charge >= 0.3 is 0 Å². The SMILES string of the molecule is NC(N)=NCc1csc2ccc(Cl)cc12. The van der Waals surface area contributed by atoms with Crippen LogP contribution in [0.25, 0.3) is 10.1 Å². The third kappa shape index (κ3) is 2.22. The Balaban J connectivity index is 2.43. The first kappa shape index (κ1) is 10.3. The summed E-state index contributed by atoms with van der Waals surface area (Å²) >= 11 is 7.59. The maximum atomic E-state index is 5.93. The van der Waals surface area contributed by atoms with E-state index in [1.165, 1.54) is 4.70 Å². The van der Waals surface area contributed by atoms with Crippen LogP contribution < -0.4 is 11.5 Å². The number of aliphatic imine (C=N–C) groups is 1. The molecule has 3 nitrogen and oxygen atoms in total. The average molecular weight is 240 g/mol. The fraction of sp³-hybridized carbons (Fsp3) is 0.100. The molecule has 5 heteroatoms. The monoisotopic (exact) mass is 239 g/mol. The van der Waals surface area contributed by atoms with Gasteiger partial charge in [-0.15, -0.1) is 11.3 Å². The number of benzene rings is 1. The van der Waals surface area contributed by atoms with Crippen molar-refractivity contribution in [2.75, 3.05) is 0 Å². The number of thiophene rings is 1. The highest BCUT2D eigenvalue weighted by Crippen LogP contribution is 2.28. The molecule has 1 aromatic heterocycles. The van der Waals surface area contributed by atoms with Gasteiger partial charge in [-0.1, -0.05) is 11.6 Å². The van der Waals surface area contributed by atoms with Crippen LogP contribution in [0.15, 0.2) is 28.6 Å². The van der Waals surface area contributed by atoms with Gasteiger partial charge in [-0.25, -0.2) is 4.99 Å². The largest absolute Gasteiger partial charge is 0.370 e. The molecular weight excluding hydrogens is 230 g/mol. The van der Waals surface area contributed by atoms with Crippen LogP contribution in [0.2, 0.25) is 5.02 Å². The summed E-state index contributed by atoms with van der Waals surface area (Å²) < 4.78 is 1.19. The van der Waals surface area contributed by atoms with Gasteiger partial charge in [-0.05, 0) is 34.5 Å². The lowest BCUT2D eigenvalue weighted by molar-refractivity contribution is 1.07. The van der Waals surface area contributed by atoms with E-state index < -0.39 is 0 Å². The van der Waals surface area contributed by atoms with Crippen LogP contribution in [-0.2, 0) is 6.54 Å². The Kier molecular flexibility index (Phi) is 2.79. The van der Waals surface area contributed by atoms with E-state index in [0.29, 0.717) is 6.54 Å². The second-order valence-electron chi connectivity index (χ2n) is 3.14. The molecule has 0 saturated heterocycles. The Morgan fingerprint density at radius 1 is 1.40 bits per heavy atom. The zero-order valence-corrected chi connectivity index (χ0v) is 9.48. The van der Waals surface area contributed by atoms with E-state index in [1.54, 1.807) is 11.3 Å². The van der Waals surface area contributed by atoms with Crippen LogP contribution in [0.4, 0.5) is 0 Å². The summed E-state index contributed by atoms with van der Waals surface area (Å²) in [4.78, 5) is 3.98. The number of guanidine groups is 1. The number of halogens is 1. The summed E-state index contributed by atoms with van der Waals surface area (Å²) in [5, 5.41) is 3.90. The summed E-state index contributed by atoms with van der Waals surface area (Å²) in [5.41, 5.74) is 11.7. The highest BCUT2D eigenvalue weighted by Gasteiger charge is 2.03. The van der Waals surface area contributed by atoms with E-state index in [9.17, 15) is 0 Å². The van der Waals surface area contributed by atoms with Gasteiger partial charge in [0, 0.05) is 9.72 Å². The fourth-order valence-electron chi connectivity index (χ4n) is 1.35. The van der Waals surface area contributed by atoms with Crippen molar-refractivity contribution in [2.24, 2.45) is 16.5 Å². The molecule has 0 aliphatic rings. The van der Waals surface area contributed by atoms with E-state index in [4.69, 9.17) is 23.1 Å². The van der Waals surface area contributed by atoms with Crippen molar-refractivity contribution in [3.63, 3.8) is 0 Å². The summed E-state index contributed by atoms with van der Waals surface area (Å²) in [5.74, 6) is 0.108. The van der Waals surface area contributed by atoms with Crippen molar-refractivity contribution in [1.82, 2.24) is 0 Å². The molecule has 1 heterocycles. The Morgan fingerprint density at radius 3 is 2.93 bits per heavy atom. The molecule has 4 N–H and O–H groups in total. The smallest absolute Gasteiger partial charge is 0.186 e. The first-order valence-electron chi connectivity index (χ1n) is 4.38. The molecule has 0 unspecified atom stereocenters. The van der Waals surface area contributed by atoms with Gasteiger partial charge in [0.05, 0.1) is 6.54 Å². The molecule has 78 valence electrons. The van der Waals surface area contributed by atoms with Crippen LogP contribution in [0, 0.1) is 0 Å². The van der Waals surface area contributed by atoms with E-state index in [2.05, 4.69) is 4.99 Å². The van der Waals surface area contributed by atoms with Gasteiger partial charge in [0.15, 0.2) is 5.96 Å². The summed E-state index contributed by atoms with van der Waals surface area (Å²) in [6.07, 6.45) is 0. The van der Waals surface area contributed by atoms with Gasteiger partial charge in [0.25, 0.3) is 0 Å². The molecule has 0 aliphatic heterocycles. The second kappa shape index (κ2) is 4.08. The maximum absolute atomic E-state index is 5.93. The molecular formula is C10H10ClN3S. The molecule has 15 heavy (non-hydrogen) atoms. The van der Waals surface area contributed by atoms with Crippen molar-refractivity contribution in [3.05, 3.63) is 34.2 Å². The second-order valence-corrected chi connectivity index (χ2v) is 4.49.